The second-order valence-electron chi connectivity index (χ2n) is 7.13. The summed E-state index contributed by atoms with van der Waals surface area (Å²) >= 11 is 1.35. The molecule has 0 radical (unpaired) electrons. The molecule has 1 amide bonds. The number of anilines is 1. The van der Waals surface area contributed by atoms with Crippen LogP contribution in [0.5, 0.6) is 0 Å². The normalized spacial score (nSPS) is 14.4. The molecule has 1 aromatic carbocycles. The van der Waals surface area contributed by atoms with Gasteiger partial charge in [-0.15, -0.1) is 5.10 Å². The highest BCUT2D eigenvalue weighted by atomic mass is 32.2. The van der Waals surface area contributed by atoms with Crippen molar-refractivity contribution < 1.29 is 9.59 Å². The van der Waals surface area contributed by atoms with Crippen molar-refractivity contribution in [1.29, 1.82) is 0 Å². The number of Topliss-reactive ketones (excluding diaryl/α,β-unsaturated/α-hetero) is 1. The lowest BCUT2D eigenvalue weighted by molar-refractivity contribution is -0.123. The van der Waals surface area contributed by atoms with E-state index in [2.05, 4.69) is 20.8 Å². The molecule has 2 aromatic rings. The number of nitrogens with one attached hydrogen (secondary N) is 1. The van der Waals surface area contributed by atoms with Crippen molar-refractivity contribution in [2.24, 2.45) is 5.41 Å². The molecule has 7 nitrogen and oxygen atoms in total. The third kappa shape index (κ3) is 4.45. The van der Waals surface area contributed by atoms with Crippen LogP contribution in [0.15, 0.2) is 29.4 Å². The first-order chi connectivity index (χ1) is 11.8. The van der Waals surface area contributed by atoms with Crippen LogP contribution in [0.25, 0.3) is 0 Å². The number of carbonyl (C=O) groups is 2. The topological polar surface area (TPSA) is 89.8 Å². The quantitative estimate of drug-likeness (QED) is 0.630. The summed E-state index contributed by atoms with van der Waals surface area (Å²) in [5.41, 5.74) is 0.824. The Labute approximate surface area is 150 Å². The zero-order valence-corrected chi connectivity index (χ0v) is 15.3. The van der Waals surface area contributed by atoms with Crippen molar-refractivity contribution >= 4 is 29.1 Å². The third-order valence-electron chi connectivity index (χ3n) is 3.83. The summed E-state index contributed by atoms with van der Waals surface area (Å²) in [5, 5.41) is 15.2. The van der Waals surface area contributed by atoms with E-state index in [0.29, 0.717) is 22.4 Å². The fraction of sp³-hybridized carbons (Fsp3) is 0.471. The van der Waals surface area contributed by atoms with E-state index in [1.165, 1.54) is 11.8 Å². The number of benzene rings is 1. The number of hydrogen-bond acceptors (Lipinski definition) is 6. The number of nitrogens with zero attached hydrogens (tertiary/aromatic N) is 4. The molecule has 0 spiro atoms. The number of carbonyl (C=O) groups excluding carboxylic acids is 2. The van der Waals surface area contributed by atoms with Gasteiger partial charge in [-0.2, -0.15) is 0 Å². The number of hydrogen-bond donors (Lipinski definition) is 1. The summed E-state index contributed by atoms with van der Waals surface area (Å²) in [7, 11) is 0. The van der Waals surface area contributed by atoms with Gasteiger partial charge in [0.1, 0.15) is 0 Å². The maximum absolute atomic E-state index is 12.3. The maximum atomic E-state index is 12.3. The Bertz CT molecular complexity index is 775. The van der Waals surface area contributed by atoms with Crippen LogP contribution in [-0.2, 0) is 4.79 Å². The molecule has 25 heavy (non-hydrogen) atoms. The minimum absolute atomic E-state index is 0.00375. The first-order valence-corrected chi connectivity index (χ1v) is 9.18. The first kappa shape index (κ1) is 17.6. The molecule has 1 N–H and O–H groups in total. The number of tetrazole rings is 1. The van der Waals surface area contributed by atoms with Crippen LogP contribution >= 0.6 is 11.8 Å². The van der Waals surface area contributed by atoms with Crippen LogP contribution in [-0.4, -0.2) is 37.7 Å². The van der Waals surface area contributed by atoms with Gasteiger partial charge < -0.3 is 5.32 Å². The summed E-state index contributed by atoms with van der Waals surface area (Å²) in [5.74, 6) is 0.221. The van der Waals surface area contributed by atoms with Crippen molar-refractivity contribution in [1.82, 2.24) is 20.2 Å². The first-order valence-electron chi connectivity index (χ1n) is 8.20. The van der Waals surface area contributed by atoms with E-state index in [-0.39, 0.29) is 17.4 Å². The van der Waals surface area contributed by atoms with E-state index < -0.39 is 5.41 Å². The number of aromatic nitrogens is 4. The van der Waals surface area contributed by atoms with Crippen molar-refractivity contribution in [2.45, 2.75) is 44.8 Å². The van der Waals surface area contributed by atoms with E-state index in [4.69, 9.17) is 0 Å². The molecule has 8 heteroatoms. The van der Waals surface area contributed by atoms with Gasteiger partial charge in [-0.25, -0.2) is 4.68 Å². The highest BCUT2D eigenvalue weighted by Gasteiger charge is 2.28. The molecule has 0 bridgehead atoms. The second-order valence-corrected chi connectivity index (χ2v) is 8.07. The third-order valence-corrected chi connectivity index (χ3v) is 4.77. The fourth-order valence-electron chi connectivity index (χ4n) is 2.10. The van der Waals surface area contributed by atoms with Crippen LogP contribution in [0, 0.1) is 5.41 Å². The van der Waals surface area contributed by atoms with Crippen LogP contribution in [0.1, 0.15) is 50.0 Å². The molecule has 1 aliphatic carbocycles. The average molecular weight is 359 g/mol. The Morgan fingerprint density at radius 3 is 2.52 bits per heavy atom. The van der Waals surface area contributed by atoms with Crippen LogP contribution in [0.2, 0.25) is 0 Å². The van der Waals surface area contributed by atoms with Gasteiger partial charge in [0.2, 0.25) is 11.1 Å². The second kappa shape index (κ2) is 6.95. The highest BCUT2D eigenvalue weighted by molar-refractivity contribution is 7.99. The van der Waals surface area contributed by atoms with Gasteiger partial charge >= 0.3 is 0 Å². The molecule has 0 atom stereocenters. The Balaban J connectivity index is 1.57. The number of thioether (sulfide) groups is 1. The molecule has 0 unspecified atom stereocenters. The Hall–Kier alpha value is -2.22. The van der Waals surface area contributed by atoms with Gasteiger partial charge in [0.25, 0.3) is 0 Å². The smallest absolute Gasteiger partial charge is 0.229 e. The minimum atomic E-state index is -0.462. The zero-order chi connectivity index (χ0) is 18.0. The van der Waals surface area contributed by atoms with Crippen LogP contribution in [0.4, 0.5) is 5.69 Å². The van der Waals surface area contributed by atoms with Gasteiger partial charge in [0.15, 0.2) is 5.78 Å². The zero-order valence-electron chi connectivity index (χ0n) is 14.5. The largest absolute Gasteiger partial charge is 0.326 e. The summed E-state index contributed by atoms with van der Waals surface area (Å²) < 4.78 is 1.79. The molecule has 1 fully saturated rings. The molecule has 1 aliphatic rings. The van der Waals surface area contributed by atoms with E-state index >= 15 is 0 Å². The van der Waals surface area contributed by atoms with Gasteiger partial charge in [-0.3, -0.25) is 9.59 Å². The lowest BCUT2D eigenvalue weighted by Gasteiger charge is -2.17. The van der Waals surface area contributed by atoms with Gasteiger partial charge in [0, 0.05) is 16.7 Å². The summed E-state index contributed by atoms with van der Waals surface area (Å²) in [6.07, 6.45) is 2.18. The Morgan fingerprint density at radius 2 is 1.92 bits per heavy atom. The SMILES string of the molecule is CC(C)(C)C(=O)Nc1ccc(C(=O)CSc2nnnn2C2CC2)cc1. The van der Waals surface area contributed by atoms with Crippen molar-refractivity contribution in [3.05, 3.63) is 29.8 Å². The lowest BCUT2D eigenvalue weighted by atomic mass is 9.95. The van der Waals surface area contributed by atoms with Gasteiger partial charge in [-0.1, -0.05) is 32.5 Å². The summed E-state index contributed by atoms with van der Waals surface area (Å²) in [6, 6.07) is 7.33. The lowest BCUT2D eigenvalue weighted by Crippen LogP contribution is -2.27. The Morgan fingerprint density at radius 1 is 1.24 bits per heavy atom. The highest BCUT2D eigenvalue weighted by Crippen LogP contribution is 2.36. The number of ketones is 1. The monoisotopic (exact) mass is 359 g/mol. The van der Waals surface area contributed by atoms with Gasteiger partial charge in [0.05, 0.1) is 11.8 Å². The van der Waals surface area contributed by atoms with E-state index in [0.717, 1.165) is 12.8 Å². The van der Waals surface area contributed by atoms with Gasteiger partial charge in [-0.05, 0) is 47.5 Å². The van der Waals surface area contributed by atoms with Crippen molar-refractivity contribution in [3.63, 3.8) is 0 Å². The fourth-order valence-corrected chi connectivity index (χ4v) is 2.94. The molecule has 132 valence electrons. The molecule has 1 aromatic heterocycles. The predicted molar refractivity (Wildman–Crippen MR) is 95.7 cm³/mol. The molecule has 3 rings (SSSR count). The van der Waals surface area contributed by atoms with E-state index in [9.17, 15) is 9.59 Å². The number of rotatable bonds is 6. The van der Waals surface area contributed by atoms with E-state index in [1.54, 1.807) is 28.9 Å². The van der Waals surface area contributed by atoms with E-state index in [1.807, 2.05) is 20.8 Å². The minimum Gasteiger partial charge on any atom is -0.326 e. The van der Waals surface area contributed by atoms with Crippen molar-refractivity contribution in [2.75, 3.05) is 11.1 Å². The number of amides is 1. The molecular weight excluding hydrogens is 338 g/mol. The predicted octanol–water partition coefficient (Wildman–Crippen LogP) is 2.97. The molecule has 1 heterocycles. The average Bonchev–Trinajstić information content (AvgIpc) is 3.30. The molecule has 1 saturated carbocycles. The Kier molecular flexibility index (Phi) is 4.89. The van der Waals surface area contributed by atoms with Crippen LogP contribution in [0.3, 0.4) is 0 Å². The van der Waals surface area contributed by atoms with Crippen molar-refractivity contribution in [3.8, 4) is 0 Å². The molecular formula is C17H21N5O2S. The summed E-state index contributed by atoms with van der Waals surface area (Å²) in [6.45, 7) is 5.56. The van der Waals surface area contributed by atoms with Crippen LogP contribution < -0.4 is 5.32 Å². The standard InChI is InChI=1S/C17H21N5O2S/c1-17(2,3)15(24)18-12-6-4-11(5-7-12)14(23)10-25-16-19-20-21-22(16)13-8-9-13/h4-7,13H,8-10H2,1-3H3,(H,18,24). The maximum Gasteiger partial charge on any atom is 0.229 e. The molecule has 0 saturated heterocycles. The molecule has 0 aliphatic heterocycles. The summed E-state index contributed by atoms with van der Waals surface area (Å²) in [4.78, 5) is 24.3.